The Morgan fingerprint density at radius 2 is 2.10 bits per heavy atom. The summed E-state index contributed by atoms with van der Waals surface area (Å²) in [6.07, 6.45) is 0.777. The molecular weight excluding hydrogens is 424 g/mol. The van der Waals surface area contributed by atoms with Gasteiger partial charge in [0.1, 0.15) is 5.52 Å². The Morgan fingerprint density at radius 1 is 1.33 bits per heavy atom. The van der Waals surface area contributed by atoms with Crippen LogP contribution in [-0.2, 0) is 6.54 Å². The highest BCUT2D eigenvalue weighted by molar-refractivity contribution is 9.13. The first kappa shape index (κ1) is 14.7. The zero-order valence-electron chi connectivity index (χ0n) is 10.9. The zero-order chi connectivity index (χ0) is 15.1. The second-order valence-electron chi connectivity index (χ2n) is 4.43. The van der Waals surface area contributed by atoms with Crippen molar-refractivity contribution in [3.8, 4) is 10.7 Å². The summed E-state index contributed by atoms with van der Waals surface area (Å²) < 4.78 is 3.34. The number of aromatic nitrogens is 4. The van der Waals surface area contributed by atoms with E-state index in [2.05, 4.69) is 46.8 Å². The van der Waals surface area contributed by atoms with E-state index < -0.39 is 11.2 Å². The van der Waals surface area contributed by atoms with Crippen LogP contribution in [0.1, 0.15) is 13.3 Å². The molecule has 2 N–H and O–H groups in total. The lowest BCUT2D eigenvalue weighted by Gasteiger charge is -2.02. The molecule has 0 aliphatic heterocycles. The summed E-state index contributed by atoms with van der Waals surface area (Å²) in [4.78, 5) is 34.4. The lowest BCUT2D eigenvalue weighted by Crippen LogP contribution is -2.30. The van der Waals surface area contributed by atoms with Gasteiger partial charge in [0.05, 0.1) is 8.66 Å². The fourth-order valence-electron chi connectivity index (χ4n) is 2.05. The van der Waals surface area contributed by atoms with E-state index in [9.17, 15) is 9.59 Å². The Balaban J connectivity index is 2.28. The Bertz CT molecular complexity index is 918. The average Bonchev–Trinajstić information content (AvgIpc) is 3.00. The standard InChI is InChI=1S/C12H10Br2N4O2S/c1-2-3-18-10-7(11(19)17-12(18)20)15-9(16-10)6-4-5(13)8(14)21-6/h4H,2-3H2,1H3,(H,15,16)(H,17,19,20). The van der Waals surface area contributed by atoms with Gasteiger partial charge in [0.15, 0.2) is 11.5 Å². The van der Waals surface area contributed by atoms with Crippen molar-refractivity contribution < 1.29 is 0 Å². The Morgan fingerprint density at radius 3 is 2.71 bits per heavy atom. The number of hydrogen-bond acceptors (Lipinski definition) is 4. The Kier molecular flexibility index (Phi) is 3.89. The van der Waals surface area contributed by atoms with Gasteiger partial charge in [-0.15, -0.1) is 11.3 Å². The maximum atomic E-state index is 11.9. The van der Waals surface area contributed by atoms with Gasteiger partial charge >= 0.3 is 5.69 Å². The van der Waals surface area contributed by atoms with Crippen LogP contribution in [0.3, 0.4) is 0 Å². The third-order valence-corrected chi connectivity index (χ3v) is 6.22. The number of H-pyrrole nitrogens is 2. The van der Waals surface area contributed by atoms with Crippen molar-refractivity contribution in [2.45, 2.75) is 19.9 Å². The molecule has 6 nitrogen and oxygen atoms in total. The first-order valence-electron chi connectivity index (χ1n) is 6.19. The number of aromatic amines is 2. The number of nitrogens with one attached hydrogen (secondary N) is 2. The molecule has 0 spiro atoms. The lowest BCUT2D eigenvalue weighted by atomic mass is 10.4. The molecule has 0 radical (unpaired) electrons. The number of imidazole rings is 1. The van der Waals surface area contributed by atoms with Crippen LogP contribution in [0.15, 0.2) is 23.9 Å². The number of halogens is 2. The predicted octanol–water partition coefficient (Wildman–Crippen LogP) is 3.08. The van der Waals surface area contributed by atoms with Crippen molar-refractivity contribution in [3.63, 3.8) is 0 Å². The average molecular weight is 434 g/mol. The molecule has 0 atom stereocenters. The SMILES string of the molecule is CCCn1c(=O)[nH]c(=O)c2[nH]c(-c3cc(Br)c(Br)s3)nc21. The van der Waals surface area contributed by atoms with Gasteiger partial charge in [-0.3, -0.25) is 14.3 Å². The van der Waals surface area contributed by atoms with Crippen LogP contribution in [0.2, 0.25) is 0 Å². The molecule has 3 aromatic rings. The highest BCUT2D eigenvalue weighted by Crippen LogP contribution is 2.37. The van der Waals surface area contributed by atoms with Gasteiger partial charge in [0, 0.05) is 11.0 Å². The number of hydrogen-bond donors (Lipinski definition) is 2. The van der Waals surface area contributed by atoms with Crippen molar-refractivity contribution in [1.82, 2.24) is 19.5 Å². The number of aryl methyl sites for hydroxylation is 1. The fraction of sp³-hybridized carbons (Fsp3) is 0.250. The lowest BCUT2D eigenvalue weighted by molar-refractivity contribution is 0.653. The molecule has 0 amide bonds. The van der Waals surface area contributed by atoms with E-state index >= 15 is 0 Å². The topological polar surface area (TPSA) is 83.5 Å². The summed E-state index contributed by atoms with van der Waals surface area (Å²) in [7, 11) is 0. The summed E-state index contributed by atoms with van der Waals surface area (Å²) in [5, 5.41) is 0. The summed E-state index contributed by atoms with van der Waals surface area (Å²) in [5.74, 6) is 0.572. The number of rotatable bonds is 3. The smallest absolute Gasteiger partial charge is 0.330 e. The quantitative estimate of drug-likeness (QED) is 0.665. The molecule has 9 heteroatoms. The van der Waals surface area contributed by atoms with Crippen molar-refractivity contribution in [2.24, 2.45) is 0 Å². The first-order valence-corrected chi connectivity index (χ1v) is 8.59. The van der Waals surface area contributed by atoms with Crippen LogP contribution >= 0.6 is 43.2 Å². The molecule has 110 valence electrons. The molecule has 0 fully saturated rings. The van der Waals surface area contributed by atoms with Gasteiger partial charge in [-0.25, -0.2) is 9.78 Å². The maximum Gasteiger partial charge on any atom is 0.330 e. The largest absolute Gasteiger partial charge is 0.331 e. The molecule has 0 saturated carbocycles. The van der Waals surface area contributed by atoms with Crippen LogP contribution in [0.25, 0.3) is 21.9 Å². The molecule has 3 aromatic heterocycles. The van der Waals surface area contributed by atoms with E-state index in [-0.39, 0.29) is 0 Å². The van der Waals surface area contributed by atoms with Gasteiger partial charge in [-0.05, 0) is 44.3 Å². The van der Waals surface area contributed by atoms with E-state index in [1.54, 1.807) is 0 Å². The summed E-state index contributed by atoms with van der Waals surface area (Å²) in [5.41, 5.74) is -0.170. The van der Waals surface area contributed by atoms with E-state index in [4.69, 9.17) is 0 Å². The highest BCUT2D eigenvalue weighted by Gasteiger charge is 2.15. The zero-order valence-corrected chi connectivity index (χ0v) is 14.9. The third-order valence-electron chi connectivity index (χ3n) is 2.96. The predicted molar refractivity (Wildman–Crippen MR) is 90.0 cm³/mol. The normalized spacial score (nSPS) is 11.4. The molecule has 0 bridgehead atoms. The highest BCUT2D eigenvalue weighted by atomic mass is 79.9. The minimum Gasteiger partial charge on any atom is -0.331 e. The van der Waals surface area contributed by atoms with Crippen LogP contribution in [0, 0.1) is 0 Å². The second-order valence-corrected chi connectivity index (χ2v) is 7.65. The summed E-state index contributed by atoms with van der Waals surface area (Å²) in [6, 6.07) is 1.91. The van der Waals surface area contributed by atoms with Crippen molar-refractivity contribution in [2.75, 3.05) is 0 Å². The minimum absolute atomic E-state index is 0.318. The van der Waals surface area contributed by atoms with Crippen LogP contribution in [0.5, 0.6) is 0 Å². The van der Waals surface area contributed by atoms with E-state index in [0.717, 1.165) is 19.6 Å². The molecule has 0 unspecified atom stereocenters. The van der Waals surface area contributed by atoms with Gasteiger partial charge in [-0.1, -0.05) is 6.92 Å². The summed E-state index contributed by atoms with van der Waals surface area (Å²) in [6.45, 7) is 2.47. The van der Waals surface area contributed by atoms with Crippen LogP contribution in [-0.4, -0.2) is 19.5 Å². The van der Waals surface area contributed by atoms with Crippen LogP contribution < -0.4 is 11.2 Å². The second kappa shape index (κ2) is 5.54. The maximum absolute atomic E-state index is 11.9. The van der Waals surface area contributed by atoms with Gasteiger partial charge in [-0.2, -0.15) is 0 Å². The van der Waals surface area contributed by atoms with Crippen molar-refractivity contribution in [3.05, 3.63) is 35.2 Å². The number of thiophene rings is 1. The number of fused-ring (bicyclic) bond motifs is 1. The number of nitrogens with zero attached hydrogens (tertiary/aromatic N) is 2. The fourth-order valence-corrected chi connectivity index (χ4v) is 4.03. The molecule has 0 aliphatic rings. The van der Waals surface area contributed by atoms with Crippen LogP contribution in [0.4, 0.5) is 0 Å². The van der Waals surface area contributed by atoms with E-state index in [1.165, 1.54) is 15.9 Å². The molecular formula is C12H10Br2N4O2S. The summed E-state index contributed by atoms with van der Waals surface area (Å²) >= 11 is 8.34. The Hall–Kier alpha value is -1.19. The van der Waals surface area contributed by atoms with Crippen molar-refractivity contribution in [1.29, 1.82) is 0 Å². The monoisotopic (exact) mass is 432 g/mol. The minimum atomic E-state index is -0.448. The van der Waals surface area contributed by atoms with Gasteiger partial charge < -0.3 is 4.98 Å². The van der Waals surface area contributed by atoms with Gasteiger partial charge in [0.2, 0.25) is 0 Å². The molecule has 0 aliphatic carbocycles. The van der Waals surface area contributed by atoms with Gasteiger partial charge in [0.25, 0.3) is 5.56 Å². The molecule has 0 saturated heterocycles. The molecule has 21 heavy (non-hydrogen) atoms. The third kappa shape index (κ3) is 2.53. The Labute approximate surface area is 139 Å². The van der Waals surface area contributed by atoms with E-state index in [0.29, 0.717) is 23.5 Å². The molecule has 3 heterocycles. The molecule has 3 rings (SSSR count). The first-order chi connectivity index (χ1) is 10.0. The van der Waals surface area contributed by atoms with Crippen molar-refractivity contribution >= 4 is 54.4 Å². The van der Waals surface area contributed by atoms with E-state index in [1.807, 2.05) is 13.0 Å². The molecule has 0 aromatic carbocycles.